The lowest BCUT2D eigenvalue weighted by atomic mass is 10.2. The minimum atomic E-state index is -0.313. The molecule has 27 heavy (non-hydrogen) atoms. The Bertz CT molecular complexity index is 793. The predicted molar refractivity (Wildman–Crippen MR) is 103 cm³/mol. The van der Waals surface area contributed by atoms with E-state index in [9.17, 15) is 14.4 Å². The number of carbonyl (C=O) groups is 3. The van der Waals surface area contributed by atoms with E-state index < -0.39 is 0 Å². The summed E-state index contributed by atoms with van der Waals surface area (Å²) in [7, 11) is 3.09. The molecule has 0 aliphatic carbocycles. The van der Waals surface area contributed by atoms with Crippen LogP contribution in [0.4, 0.5) is 5.69 Å². The van der Waals surface area contributed by atoms with Gasteiger partial charge in [0, 0.05) is 37.3 Å². The highest BCUT2D eigenvalue weighted by molar-refractivity contribution is 5.95. The van der Waals surface area contributed by atoms with Crippen LogP contribution in [0.5, 0.6) is 5.75 Å². The molecule has 0 aliphatic heterocycles. The Morgan fingerprint density at radius 2 is 1.78 bits per heavy atom. The van der Waals surface area contributed by atoms with Crippen molar-refractivity contribution in [1.82, 2.24) is 10.2 Å². The predicted octanol–water partition coefficient (Wildman–Crippen LogP) is 1.91. The van der Waals surface area contributed by atoms with Crippen LogP contribution in [0.3, 0.4) is 0 Å². The number of hydrogen-bond acceptors (Lipinski definition) is 4. The Hall–Kier alpha value is -3.35. The van der Waals surface area contributed by atoms with Crippen molar-refractivity contribution in [3.05, 3.63) is 60.2 Å². The normalized spacial score (nSPS) is 10.0. The summed E-state index contributed by atoms with van der Waals surface area (Å²) < 4.78 is 5.10. The van der Waals surface area contributed by atoms with Gasteiger partial charge in [-0.3, -0.25) is 14.4 Å². The first kappa shape index (κ1) is 20.0. The number of amides is 3. The maximum Gasteiger partial charge on any atom is 0.251 e. The SMILES string of the molecule is COc1cccc(NC(=O)CN(C)C(=O)CCNC(=O)c2ccccc2)c1. The molecule has 2 N–H and O–H groups in total. The Morgan fingerprint density at radius 3 is 2.48 bits per heavy atom. The number of methoxy groups -OCH3 is 1. The minimum Gasteiger partial charge on any atom is -0.497 e. The van der Waals surface area contributed by atoms with Gasteiger partial charge in [-0.25, -0.2) is 0 Å². The number of benzene rings is 2. The molecule has 0 unspecified atom stereocenters. The maximum absolute atomic E-state index is 12.1. The van der Waals surface area contributed by atoms with Crippen LogP contribution < -0.4 is 15.4 Å². The lowest BCUT2D eigenvalue weighted by Gasteiger charge is -2.17. The molecule has 2 rings (SSSR count). The summed E-state index contributed by atoms with van der Waals surface area (Å²) in [5.41, 5.74) is 1.13. The third-order valence-corrected chi connectivity index (χ3v) is 3.82. The molecular formula is C20H23N3O4. The summed E-state index contributed by atoms with van der Waals surface area (Å²) in [5.74, 6) is -0.148. The van der Waals surface area contributed by atoms with Gasteiger partial charge >= 0.3 is 0 Å². The zero-order valence-electron chi connectivity index (χ0n) is 15.4. The molecule has 0 fully saturated rings. The standard InChI is InChI=1S/C20H23N3O4/c1-23(14-18(24)22-16-9-6-10-17(13-16)27-2)19(25)11-12-21-20(26)15-7-4-3-5-8-15/h3-10,13H,11-12,14H2,1-2H3,(H,21,26)(H,22,24). The van der Waals surface area contributed by atoms with Crippen molar-refractivity contribution in [3.63, 3.8) is 0 Å². The Kier molecular flexibility index (Phi) is 7.37. The second kappa shape index (κ2) is 9.96. The Morgan fingerprint density at radius 1 is 1.04 bits per heavy atom. The van der Waals surface area contributed by atoms with Crippen LogP contribution in [0.2, 0.25) is 0 Å². The first-order chi connectivity index (χ1) is 13.0. The summed E-state index contributed by atoms with van der Waals surface area (Å²) in [5, 5.41) is 5.41. The smallest absolute Gasteiger partial charge is 0.251 e. The number of hydrogen-bond donors (Lipinski definition) is 2. The number of nitrogens with zero attached hydrogens (tertiary/aromatic N) is 1. The highest BCUT2D eigenvalue weighted by atomic mass is 16.5. The molecule has 0 saturated carbocycles. The van der Waals surface area contributed by atoms with Crippen molar-refractivity contribution in [2.24, 2.45) is 0 Å². The first-order valence-corrected chi connectivity index (χ1v) is 8.50. The molecule has 0 spiro atoms. The average molecular weight is 369 g/mol. The minimum absolute atomic E-state index is 0.0807. The van der Waals surface area contributed by atoms with Crippen molar-refractivity contribution < 1.29 is 19.1 Å². The molecule has 0 heterocycles. The van der Waals surface area contributed by atoms with Crippen molar-refractivity contribution >= 4 is 23.4 Å². The monoisotopic (exact) mass is 369 g/mol. The van der Waals surface area contributed by atoms with Gasteiger partial charge in [-0.15, -0.1) is 0 Å². The molecule has 2 aromatic rings. The molecular weight excluding hydrogens is 346 g/mol. The summed E-state index contributed by atoms with van der Waals surface area (Å²) in [6.45, 7) is 0.122. The molecule has 0 aliphatic rings. The molecule has 3 amide bonds. The van der Waals surface area contributed by atoms with Crippen LogP contribution in [0.1, 0.15) is 16.8 Å². The van der Waals surface area contributed by atoms with E-state index in [0.29, 0.717) is 17.0 Å². The van der Waals surface area contributed by atoms with Crippen LogP contribution in [-0.4, -0.2) is 49.9 Å². The van der Waals surface area contributed by atoms with Gasteiger partial charge in [-0.1, -0.05) is 24.3 Å². The van der Waals surface area contributed by atoms with E-state index in [1.807, 2.05) is 6.07 Å². The lowest BCUT2D eigenvalue weighted by Crippen LogP contribution is -2.37. The van der Waals surface area contributed by atoms with Gasteiger partial charge in [0.1, 0.15) is 5.75 Å². The molecule has 0 radical (unpaired) electrons. The molecule has 0 saturated heterocycles. The molecule has 0 aromatic heterocycles. The fraction of sp³-hybridized carbons (Fsp3) is 0.250. The highest BCUT2D eigenvalue weighted by Crippen LogP contribution is 2.16. The first-order valence-electron chi connectivity index (χ1n) is 8.50. The Labute approximate surface area is 158 Å². The van der Waals surface area contributed by atoms with E-state index in [1.165, 1.54) is 4.90 Å². The van der Waals surface area contributed by atoms with Crippen molar-refractivity contribution in [2.75, 3.05) is 32.6 Å². The number of carbonyl (C=O) groups excluding carboxylic acids is 3. The summed E-state index contributed by atoms with van der Waals surface area (Å²) in [6.07, 6.45) is 0.113. The van der Waals surface area contributed by atoms with Crippen LogP contribution in [0, 0.1) is 0 Å². The van der Waals surface area contributed by atoms with Crippen molar-refractivity contribution in [3.8, 4) is 5.75 Å². The third kappa shape index (κ3) is 6.47. The Balaban J connectivity index is 1.74. The second-order valence-corrected chi connectivity index (χ2v) is 5.90. The largest absolute Gasteiger partial charge is 0.497 e. The van der Waals surface area contributed by atoms with Gasteiger partial charge < -0.3 is 20.3 Å². The fourth-order valence-electron chi connectivity index (χ4n) is 2.37. The number of likely N-dealkylation sites (N-methyl/N-ethyl adjacent to an activating group) is 1. The fourth-order valence-corrected chi connectivity index (χ4v) is 2.37. The van der Waals surface area contributed by atoms with Gasteiger partial charge in [-0.2, -0.15) is 0 Å². The number of ether oxygens (including phenoxy) is 1. The van der Waals surface area contributed by atoms with Crippen LogP contribution in [0.25, 0.3) is 0 Å². The molecule has 0 bridgehead atoms. The van der Waals surface area contributed by atoms with Gasteiger partial charge in [0.05, 0.1) is 13.7 Å². The molecule has 142 valence electrons. The van der Waals surface area contributed by atoms with E-state index in [-0.39, 0.29) is 37.2 Å². The molecule has 7 nitrogen and oxygen atoms in total. The van der Waals surface area contributed by atoms with E-state index in [1.54, 1.807) is 62.7 Å². The maximum atomic E-state index is 12.1. The van der Waals surface area contributed by atoms with Gasteiger partial charge in [-0.05, 0) is 24.3 Å². The van der Waals surface area contributed by atoms with Crippen LogP contribution in [-0.2, 0) is 9.59 Å². The number of nitrogens with one attached hydrogen (secondary N) is 2. The van der Waals surface area contributed by atoms with E-state index in [0.717, 1.165) is 0 Å². The topological polar surface area (TPSA) is 87.7 Å². The quantitative estimate of drug-likeness (QED) is 0.744. The van der Waals surface area contributed by atoms with Crippen molar-refractivity contribution in [1.29, 1.82) is 0 Å². The number of anilines is 1. The zero-order chi connectivity index (χ0) is 19.6. The number of rotatable bonds is 8. The van der Waals surface area contributed by atoms with Crippen LogP contribution in [0.15, 0.2) is 54.6 Å². The molecule has 0 atom stereocenters. The van der Waals surface area contributed by atoms with E-state index in [2.05, 4.69) is 10.6 Å². The lowest BCUT2D eigenvalue weighted by molar-refractivity contribution is -0.133. The average Bonchev–Trinajstić information content (AvgIpc) is 2.68. The van der Waals surface area contributed by atoms with Crippen LogP contribution >= 0.6 is 0 Å². The summed E-state index contributed by atoms with van der Waals surface area (Å²) in [6, 6.07) is 15.7. The summed E-state index contributed by atoms with van der Waals surface area (Å²) in [4.78, 5) is 37.4. The van der Waals surface area contributed by atoms with E-state index in [4.69, 9.17) is 4.74 Å². The van der Waals surface area contributed by atoms with Gasteiger partial charge in [0.2, 0.25) is 11.8 Å². The van der Waals surface area contributed by atoms with E-state index >= 15 is 0 Å². The zero-order valence-corrected chi connectivity index (χ0v) is 15.4. The third-order valence-electron chi connectivity index (χ3n) is 3.82. The summed E-state index contributed by atoms with van der Waals surface area (Å²) >= 11 is 0. The highest BCUT2D eigenvalue weighted by Gasteiger charge is 2.14. The van der Waals surface area contributed by atoms with Crippen molar-refractivity contribution in [2.45, 2.75) is 6.42 Å². The van der Waals surface area contributed by atoms with Gasteiger partial charge in [0.15, 0.2) is 0 Å². The molecule has 2 aromatic carbocycles. The van der Waals surface area contributed by atoms with Gasteiger partial charge in [0.25, 0.3) is 5.91 Å². The molecule has 7 heteroatoms. The second-order valence-electron chi connectivity index (χ2n) is 5.90.